The van der Waals surface area contributed by atoms with Gasteiger partial charge < -0.3 is 9.41 Å². The van der Waals surface area contributed by atoms with Crippen LogP contribution in [0.15, 0.2) is 0 Å². The van der Waals surface area contributed by atoms with Crippen LogP contribution in [-0.4, -0.2) is 86.6 Å². The van der Waals surface area contributed by atoms with Crippen LogP contribution in [0, 0.1) is 0 Å². The zero-order valence-electron chi connectivity index (χ0n) is 1.46. The summed E-state index contributed by atoms with van der Waals surface area (Å²) in [5, 5.41) is 0. The van der Waals surface area contributed by atoms with Crippen LogP contribution in [-0.2, 0) is 0 Å². The molecule has 0 saturated carbocycles. The Morgan fingerprint density at radius 3 is 0.750 bits per heavy atom. The van der Waals surface area contributed by atoms with Crippen molar-refractivity contribution in [2.45, 2.75) is 0 Å². The minimum atomic E-state index is 0. The first kappa shape index (κ1) is 29.9. The molecule has 0 heterocycles. The SMILES string of the molecule is [Ba+2].[CaH2].[F-].[F-]. The molecule has 0 amide bonds. The first-order chi connectivity index (χ1) is 0. The Bertz CT molecular complexity index is 6.00. The third kappa shape index (κ3) is 8.83. The molecule has 0 aromatic heterocycles. The maximum absolute atomic E-state index is 0. The standard InChI is InChI=1S/Ba.Ca.2FH.2H/h;;2*1H;;/q+2;;;;;/p-2. The topological polar surface area (TPSA) is 0 Å². The number of rotatable bonds is 0. The third-order valence-electron chi connectivity index (χ3n) is 0. The largest absolute Gasteiger partial charge is 1.00 e. The number of hydrogen-bond acceptors (Lipinski definition) is 0. The van der Waals surface area contributed by atoms with E-state index in [2.05, 4.69) is 0 Å². The van der Waals surface area contributed by atoms with E-state index in [4.69, 9.17) is 0 Å². The molecule has 20 valence electrons. The van der Waals surface area contributed by atoms with Gasteiger partial charge >= 0.3 is 86.6 Å². The molecule has 4 heavy (non-hydrogen) atoms. The molecule has 0 aromatic carbocycles. The van der Waals surface area contributed by atoms with Gasteiger partial charge in [-0.3, -0.25) is 0 Å². The molecule has 0 unspecified atom stereocenters. The van der Waals surface area contributed by atoms with Crippen molar-refractivity contribution < 1.29 is 9.41 Å². The second-order valence-corrected chi connectivity index (χ2v) is 0. The van der Waals surface area contributed by atoms with Crippen molar-refractivity contribution in [3.63, 3.8) is 0 Å². The van der Waals surface area contributed by atoms with E-state index in [-0.39, 0.29) is 96.0 Å². The predicted molar refractivity (Wildman–Crippen MR) is 14.3 cm³/mol. The van der Waals surface area contributed by atoms with Gasteiger partial charge in [0.1, 0.15) is 0 Å². The number of hydrogen-bond donors (Lipinski definition) is 0. The summed E-state index contributed by atoms with van der Waals surface area (Å²) in [5.41, 5.74) is 0. The Morgan fingerprint density at radius 2 is 0.750 bits per heavy atom. The van der Waals surface area contributed by atoms with E-state index in [1.54, 1.807) is 0 Å². The van der Waals surface area contributed by atoms with Gasteiger partial charge in [0.25, 0.3) is 0 Å². The molecule has 0 aliphatic rings. The number of halogens is 2. The van der Waals surface area contributed by atoms with Crippen molar-refractivity contribution in [1.82, 2.24) is 0 Å². The van der Waals surface area contributed by atoms with Crippen molar-refractivity contribution in [2.75, 3.05) is 0 Å². The summed E-state index contributed by atoms with van der Waals surface area (Å²) in [7, 11) is 0. The summed E-state index contributed by atoms with van der Waals surface area (Å²) in [4.78, 5) is 0. The smallest absolute Gasteiger partial charge is 1.00 e. The summed E-state index contributed by atoms with van der Waals surface area (Å²) >= 11 is 0. The first-order valence-corrected chi connectivity index (χ1v) is 0. The molecule has 0 aliphatic carbocycles. The Hall–Kier alpha value is 2.69. The van der Waals surface area contributed by atoms with Crippen LogP contribution in [0.5, 0.6) is 0 Å². The van der Waals surface area contributed by atoms with Crippen molar-refractivity contribution in [1.29, 1.82) is 0 Å². The molecule has 0 nitrogen and oxygen atoms in total. The van der Waals surface area contributed by atoms with Crippen LogP contribution >= 0.6 is 0 Å². The van der Waals surface area contributed by atoms with Crippen LogP contribution in [0.3, 0.4) is 0 Å². The fourth-order valence-corrected chi connectivity index (χ4v) is 0. The molecule has 0 saturated heterocycles. The summed E-state index contributed by atoms with van der Waals surface area (Å²) in [6, 6.07) is 0. The Morgan fingerprint density at radius 1 is 0.750 bits per heavy atom. The van der Waals surface area contributed by atoms with Crippen molar-refractivity contribution in [3.8, 4) is 0 Å². The maximum atomic E-state index is 0. The fraction of sp³-hybridized carbons (Fsp3) is 0. The third-order valence-corrected chi connectivity index (χ3v) is 0. The molecular formula is H2BaCaF2. The van der Waals surface area contributed by atoms with Crippen LogP contribution in [0.4, 0.5) is 0 Å². The summed E-state index contributed by atoms with van der Waals surface area (Å²) in [6.07, 6.45) is 0. The predicted octanol–water partition coefficient (Wildman–Crippen LogP) is -7.29. The molecule has 0 atom stereocenters. The van der Waals surface area contributed by atoms with E-state index in [9.17, 15) is 0 Å². The van der Waals surface area contributed by atoms with Gasteiger partial charge in [-0.05, 0) is 0 Å². The normalized spacial score (nSPS) is 0. The van der Waals surface area contributed by atoms with Gasteiger partial charge in [-0.2, -0.15) is 0 Å². The zero-order valence-corrected chi connectivity index (χ0v) is 5.90. The minimum absolute atomic E-state index is 0. The Balaban J connectivity index is 0. The van der Waals surface area contributed by atoms with E-state index in [1.165, 1.54) is 0 Å². The van der Waals surface area contributed by atoms with E-state index in [1.807, 2.05) is 0 Å². The minimum Gasteiger partial charge on any atom is -1.00 e. The van der Waals surface area contributed by atoms with Gasteiger partial charge in [0.15, 0.2) is 0 Å². The van der Waals surface area contributed by atoms with Crippen molar-refractivity contribution in [2.24, 2.45) is 0 Å². The van der Waals surface area contributed by atoms with E-state index < -0.39 is 0 Å². The molecular weight excluding hydrogens is 215 g/mol. The van der Waals surface area contributed by atoms with Crippen LogP contribution < -0.4 is 9.41 Å². The van der Waals surface area contributed by atoms with Crippen molar-refractivity contribution >= 4 is 86.6 Å². The van der Waals surface area contributed by atoms with Crippen LogP contribution in [0.1, 0.15) is 0 Å². The summed E-state index contributed by atoms with van der Waals surface area (Å²) < 4.78 is 0. The molecule has 0 rings (SSSR count). The van der Waals surface area contributed by atoms with Gasteiger partial charge in [-0.25, -0.2) is 0 Å². The second-order valence-electron chi connectivity index (χ2n) is 0. The van der Waals surface area contributed by atoms with Crippen molar-refractivity contribution in [3.05, 3.63) is 0 Å². The van der Waals surface area contributed by atoms with Gasteiger partial charge in [0.05, 0.1) is 0 Å². The molecule has 0 spiro atoms. The van der Waals surface area contributed by atoms with Gasteiger partial charge in [-0.1, -0.05) is 0 Å². The molecule has 0 fully saturated rings. The fourth-order valence-electron chi connectivity index (χ4n) is 0. The monoisotopic (exact) mass is 218 g/mol. The Kier molecular flexibility index (Phi) is 129. The first-order valence-electron chi connectivity index (χ1n) is 0. The van der Waals surface area contributed by atoms with Crippen LogP contribution in [0.25, 0.3) is 0 Å². The van der Waals surface area contributed by atoms with E-state index in [0.29, 0.717) is 0 Å². The van der Waals surface area contributed by atoms with Gasteiger partial charge in [-0.15, -0.1) is 0 Å². The molecule has 4 heteroatoms. The molecule has 0 N–H and O–H groups in total. The Labute approximate surface area is 93.5 Å². The zero-order chi connectivity index (χ0) is 0. The van der Waals surface area contributed by atoms with E-state index in [0.717, 1.165) is 0 Å². The molecule has 0 radical (unpaired) electrons. The quantitative estimate of drug-likeness (QED) is 0.354. The molecule has 0 aromatic rings. The molecule has 0 aliphatic heterocycles. The average Bonchev–Trinajstić information content (AvgIpc) is 0. The van der Waals surface area contributed by atoms with E-state index >= 15 is 0 Å². The maximum Gasteiger partial charge on any atom is -1.00 e. The van der Waals surface area contributed by atoms with Crippen LogP contribution in [0.2, 0.25) is 0 Å². The van der Waals surface area contributed by atoms with Gasteiger partial charge in [0.2, 0.25) is 0 Å². The summed E-state index contributed by atoms with van der Waals surface area (Å²) in [5.74, 6) is 0. The average molecular weight is 217 g/mol. The second kappa shape index (κ2) is 17.3. The van der Waals surface area contributed by atoms with Gasteiger partial charge in [0, 0.05) is 0 Å². The molecule has 0 bridgehead atoms. The summed E-state index contributed by atoms with van der Waals surface area (Å²) in [6.45, 7) is 0.